The fraction of sp³-hybridized carbons (Fsp3) is 0.188. The summed E-state index contributed by atoms with van der Waals surface area (Å²) < 4.78 is 13.1. The summed E-state index contributed by atoms with van der Waals surface area (Å²) in [5.41, 5.74) is 3.57. The molecule has 0 atom stereocenters. The Bertz CT molecular complexity index is 672. The zero-order valence-electron chi connectivity index (χ0n) is 11.4. The van der Waals surface area contributed by atoms with Gasteiger partial charge in [-0.25, -0.2) is 9.18 Å². The minimum atomic E-state index is -0.380. The molecule has 0 aliphatic carbocycles. The smallest absolute Gasteiger partial charge is 0.312 e. The number of carbonyl (C=O) groups is 1. The Morgan fingerprint density at radius 3 is 2.86 bits per heavy atom. The molecule has 2 aromatic carbocycles. The van der Waals surface area contributed by atoms with Crippen LogP contribution in [0.3, 0.4) is 0 Å². The Morgan fingerprint density at radius 2 is 2.00 bits per heavy atom. The van der Waals surface area contributed by atoms with E-state index in [-0.39, 0.29) is 11.8 Å². The highest BCUT2D eigenvalue weighted by Crippen LogP contribution is 2.23. The van der Waals surface area contributed by atoms with Gasteiger partial charge < -0.3 is 16.0 Å². The first-order valence-electron chi connectivity index (χ1n) is 6.87. The van der Waals surface area contributed by atoms with E-state index in [1.165, 1.54) is 17.7 Å². The standard InChI is InChI=1S/C16H16FN3O/c17-12-4-2-5-13(9-12)19-16(21)20-15-6-1-3-11-7-8-18-10-14(11)15/h1-6,9,18H,7-8,10H2,(H2,19,20,21). The number of hydrogen-bond donors (Lipinski definition) is 3. The van der Waals surface area contributed by atoms with Crippen LogP contribution in [0.25, 0.3) is 0 Å². The van der Waals surface area contributed by atoms with Crippen LogP contribution in [0.4, 0.5) is 20.6 Å². The fourth-order valence-electron chi connectivity index (χ4n) is 2.48. The molecule has 108 valence electrons. The maximum atomic E-state index is 13.1. The van der Waals surface area contributed by atoms with Crippen LogP contribution in [0.5, 0.6) is 0 Å². The van der Waals surface area contributed by atoms with Crippen molar-refractivity contribution in [3.05, 3.63) is 59.4 Å². The minimum absolute atomic E-state index is 0.375. The predicted molar refractivity (Wildman–Crippen MR) is 80.9 cm³/mol. The van der Waals surface area contributed by atoms with Crippen LogP contribution in [0.2, 0.25) is 0 Å². The van der Waals surface area contributed by atoms with Crippen LogP contribution in [0.1, 0.15) is 11.1 Å². The number of rotatable bonds is 2. The summed E-state index contributed by atoms with van der Waals surface area (Å²) >= 11 is 0. The van der Waals surface area contributed by atoms with Gasteiger partial charge >= 0.3 is 6.03 Å². The zero-order valence-corrected chi connectivity index (χ0v) is 11.4. The van der Waals surface area contributed by atoms with Crippen molar-refractivity contribution in [1.29, 1.82) is 0 Å². The molecule has 0 unspecified atom stereocenters. The molecular formula is C16H16FN3O. The van der Waals surface area contributed by atoms with E-state index in [0.717, 1.165) is 30.8 Å². The first-order chi connectivity index (χ1) is 10.2. The Hall–Kier alpha value is -2.40. The maximum Gasteiger partial charge on any atom is 0.323 e. The van der Waals surface area contributed by atoms with Crippen molar-refractivity contribution in [1.82, 2.24) is 5.32 Å². The van der Waals surface area contributed by atoms with Gasteiger partial charge in [0.05, 0.1) is 0 Å². The second-order valence-corrected chi connectivity index (χ2v) is 4.96. The molecule has 2 amide bonds. The highest BCUT2D eigenvalue weighted by Gasteiger charge is 2.14. The molecule has 1 heterocycles. The Balaban J connectivity index is 1.73. The highest BCUT2D eigenvalue weighted by atomic mass is 19.1. The summed E-state index contributed by atoms with van der Waals surface area (Å²) in [5, 5.41) is 8.74. The summed E-state index contributed by atoms with van der Waals surface area (Å²) in [6, 6.07) is 11.3. The van der Waals surface area contributed by atoms with Gasteiger partial charge in [-0.15, -0.1) is 0 Å². The third-order valence-electron chi connectivity index (χ3n) is 3.48. The Labute approximate surface area is 122 Å². The lowest BCUT2D eigenvalue weighted by Gasteiger charge is -2.20. The first kappa shape index (κ1) is 13.6. The lowest BCUT2D eigenvalue weighted by atomic mass is 9.99. The molecule has 4 nitrogen and oxygen atoms in total. The third kappa shape index (κ3) is 3.20. The molecule has 21 heavy (non-hydrogen) atoms. The molecule has 0 saturated heterocycles. The molecule has 5 heteroatoms. The van der Waals surface area contributed by atoms with Gasteiger partial charge in [-0.3, -0.25) is 0 Å². The van der Waals surface area contributed by atoms with E-state index in [0.29, 0.717) is 5.69 Å². The number of benzene rings is 2. The first-order valence-corrected chi connectivity index (χ1v) is 6.87. The number of fused-ring (bicyclic) bond motifs is 1. The predicted octanol–water partition coefficient (Wildman–Crippen LogP) is 3.12. The van der Waals surface area contributed by atoms with E-state index >= 15 is 0 Å². The van der Waals surface area contributed by atoms with Crippen LogP contribution in [-0.4, -0.2) is 12.6 Å². The number of amides is 2. The number of nitrogens with one attached hydrogen (secondary N) is 3. The van der Waals surface area contributed by atoms with Crippen molar-refractivity contribution in [3.8, 4) is 0 Å². The summed E-state index contributed by atoms with van der Waals surface area (Å²) in [6.45, 7) is 1.69. The van der Waals surface area contributed by atoms with E-state index in [2.05, 4.69) is 22.0 Å². The summed E-state index contributed by atoms with van der Waals surface area (Å²) in [7, 11) is 0. The number of hydrogen-bond acceptors (Lipinski definition) is 2. The van der Waals surface area contributed by atoms with E-state index in [9.17, 15) is 9.18 Å². The molecule has 0 bridgehead atoms. The lowest BCUT2D eigenvalue weighted by molar-refractivity contribution is 0.262. The molecule has 3 rings (SSSR count). The topological polar surface area (TPSA) is 53.2 Å². The number of carbonyl (C=O) groups excluding carboxylic acids is 1. The van der Waals surface area contributed by atoms with Gasteiger partial charge in [0, 0.05) is 17.9 Å². The average molecular weight is 285 g/mol. The third-order valence-corrected chi connectivity index (χ3v) is 3.48. The van der Waals surface area contributed by atoms with Crippen molar-refractivity contribution in [2.24, 2.45) is 0 Å². The fourth-order valence-corrected chi connectivity index (χ4v) is 2.48. The van der Waals surface area contributed by atoms with E-state index in [1.807, 2.05) is 12.1 Å². The van der Waals surface area contributed by atoms with Gasteiger partial charge in [0.15, 0.2) is 0 Å². The molecule has 0 saturated carbocycles. The van der Waals surface area contributed by atoms with Crippen molar-refractivity contribution >= 4 is 17.4 Å². The molecule has 1 aliphatic heterocycles. The molecule has 1 aliphatic rings. The molecule has 0 radical (unpaired) electrons. The number of urea groups is 1. The highest BCUT2D eigenvalue weighted by molar-refractivity contribution is 6.00. The monoisotopic (exact) mass is 285 g/mol. The second kappa shape index (κ2) is 5.93. The lowest BCUT2D eigenvalue weighted by Crippen LogP contribution is -2.26. The van der Waals surface area contributed by atoms with Crippen LogP contribution in [-0.2, 0) is 13.0 Å². The summed E-state index contributed by atoms with van der Waals surface area (Å²) in [4.78, 5) is 12.0. The number of anilines is 2. The Kier molecular flexibility index (Phi) is 3.83. The van der Waals surface area contributed by atoms with Crippen LogP contribution in [0, 0.1) is 5.82 Å². The average Bonchev–Trinajstić information content (AvgIpc) is 2.47. The molecule has 0 spiro atoms. The van der Waals surface area contributed by atoms with Gasteiger partial charge in [-0.05, 0) is 48.4 Å². The number of halogens is 1. The second-order valence-electron chi connectivity index (χ2n) is 4.96. The van der Waals surface area contributed by atoms with Gasteiger partial charge in [-0.1, -0.05) is 18.2 Å². The summed E-state index contributed by atoms with van der Waals surface area (Å²) in [5.74, 6) is -0.380. The molecule has 3 N–H and O–H groups in total. The normalized spacial score (nSPS) is 13.4. The van der Waals surface area contributed by atoms with Crippen LogP contribution in [0.15, 0.2) is 42.5 Å². The van der Waals surface area contributed by atoms with Gasteiger partial charge in [0.1, 0.15) is 5.82 Å². The van der Waals surface area contributed by atoms with E-state index in [1.54, 1.807) is 12.1 Å². The van der Waals surface area contributed by atoms with E-state index < -0.39 is 0 Å². The van der Waals surface area contributed by atoms with Gasteiger partial charge in [0.2, 0.25) is 0 Å². The van der Waals surface area contributed by atoms with Crippen molar-refractivity contribution < 1.29 is 9.18 Å². The van der Waals surface area contributed by atoms with Crippen LogP contribution < -0.4 is 16.0 Å². The quantitative estimate of drug-likeness (QED) is 0.794. The van der Waals surface area contributed by atoms with Crippen LogP contribution >= 0.6 is 0 Å². The molecule has 0 aromatic heterocycles. The molecular weight excluding hydrogens is 269 g/mol. The molecule has 2 aromatic rings. The Morgan fingerprint density at radius 1 is 1.14 bits per heavy atom. The van der Waals surface area contributed by atoms with Crippen molar-refractivity contribution in [2.45, 2.75) is 13.0 Å². The maximum absolute atomic E-state index is 13.1. The molecule has 0 fully saturated rings. The van der Waals surface area contributed by atoms with Gasteiger partial charge in [-0.2, -0.15) is 0 Å². The zero-order chi connectivity index (χ0) is 14.7. The SMILES string of the molecule is O=C(Nc1cccc(F)c1)Nc1cccc2c1CNCC2. The summed E-state index contributed by atoms with van der Waals surface area (Å²) in [6.07, 6.45) is 0.955. The van der Waals surface area contributed by atoms with Gasteiger partial charge in [0.25, 0.3) is 0 Å². The van der Waals surface area contributed by atoms with Crippen molar-refractivity contribution in [2.75, 3.05) is 17.2 Å². The minimum Gasteiger partial charge on any atom is -0.312 e. The van der Waals surface area contributed by atoms with Crippen molar-refractivity contribution in [3.63, 3.8) is 0 Å². The largest absolute Gasteiger partial charge is 0.323 e. The van der Waals surface area contributed by atoms with E-state index in [4.69, 9.17) is 0 Å².